The lowest BCUT2D eigenvalue weighted by Crippen LogP contribution is -2.55. The van der Waals surface area contributed by atoms with Crippen LogP contribution in [0.5, 0.6) is 11.5 Å². The molecule has 7 rings (SSSR count). The molecule has 4 heterocycles. The van der Waals surface area contributed by atoms with Crippen LogP contribution in [0.4, 0.5) is 5.13 Å². The highest BCUT2D eigenvalue weighted by atomic mass is 32.1. The van der Waals surface area contributed by atoms with Gasteiger partial charge in [0.05, 0.1) is 31.0 Å². The number of amides is 3. The second-order valence-electron chi connectivity index (χ2n) is 16.6. The summed E-state index contributed by atoms with van der Waals surface area (Å²) in [4.78, 5) is 65.5. The molecule has 2 aromatic heterocycles. The molecule has 0 spiro atoms. The van der Waals surface area contributed by atoms with Gasteiger partial charge in [0, 0.05) is 41.8 Å². The van der Waals surface area contributed by atoms with Gasteiger partial charge in [0.1, 0.15) is 40.7 Å². The number of methoxy groups -OCH3 is 1. The van der Waals surface area contributed by atoms with E-state index in [1.54, 1.807) is 7.11 Å². The quantitative estimate of drug-likeness (QED) is 0.103. The Balaban J connectivity index is 1.23. The first-order valence-electron chi connectivity index (χ1n) is 21.0. The molecule has 4 aromatic rings. The molecule has 2 saturated heterocycles. The van der Waals surface area contributed by atoms with Crippen LogP contribution in [0.25, 0.3) is 22.3 Å². The Bertz CT molecular complexity index is 2180. The van der Waals surface area contributed by atoms with Crippen LogP contribution in [0, 0.1) is 5.92 Å². The minimum Gasteiger partial charge on any atom is -0.497 e. The van der Waals surface area contributed by atoms with Gasteiger partial charge in [-0.25, -0.2) is 9.97 Å². The molecule has 1 saturated carbocycles. The van der Waals surface area contributed by atoms with Crippen LogP contribution < -0.4 is 25.4 Å². The first-order chi connectivity index (χ1) is 28.4. The molecule has 3 fully saturated rings. The number of hydrogen-bond donors (Lipinski definition) is 4. The minimum absolute atomic E-state index is 0.0640. The van der Waals surface area contributed by atoms with Gasteiger partial charge >= 0.3 is 0 Å². The van der Waals surface area contributed by atoms with Crippen LogP contribution in [0.15, 0.2) is 60.0 Å². The van der Waals surface area contributed by atoms with E-state index in [-0.39, 0.29) is 49.3 Å². The standard InChI is InChI=1S/C44H57N6O7PS/c1-5-14-40(51)47-34-18-13-8-6-7-12-17-30-24-44(30,58(54,55)26-29-15-10-9-11-16-29)49-41(52)38-22-32(25-50(38)42(34)53)57-39-23-36(37-27-59-43(48-37)45-28(2)3)46-35-21-31(56-4)19-20-33(35)39/h9-11,15-16,19-21,23,27-28,30,32,34,38H,5-8,12-14,17-18,22,24-26H2,1-4H3,(H,45,48)(H,47,51)(H,49,52)(H,54,55)/t30-,32+,34-,38-,44-/m0/s1. The number of nitrogens with zero attached hydrogens (tertiary/aromatic N) is 3. The molecule has 4 N–H and O–H groups in total. The molecule has 13 nitrogen and oxygen atoms in total. The monoisotopic (exact) mass is 844 g/mol. The van der Waals surface area contributed by atoms with E-state index in [9.17, 15) is 23.8 Å². The lowest BCUT2D eigenvalue weighted by atomic mass is 10.0. The number of pyridine rings is 1. The summed E-state index contributed by atoms with van der Waals surface area (Å²) in [7, 11) is -2.39. The number of aromatic nitrogens is 2. The topological polar surface area (TPSA) is 172 Å². The van der Waals surface area contributed by atoms with Crippen molar-refractivity contribution in [2.45, 2.75) is 127 Å². The molecule has 1 aliphatic carbocycles. The highest BCUT2D eigenvalue weighted by Crippen LogP contribution is 2.71. The third-order valence-electron chi connectivity index (χ3n) is 11.7. The van der Waals surface area contributed by atoms with Crippen molar-refractivity contribution in [1.82, 2.24) is 25.5 Å². The van der Waals surface area contributed by atoms with E-state index < -0.39 is 36.7 Å². The summed E-state index contributed by atoms with van der Waals surface area (Å²) in [5.74, 6) is -0.0750. The van der Waals surface area contributed by atoms with Crippen molar-refractivity contribution in [2.24, 2.45) is 5.92 Å². The van der Waals surface area contributed by atoms with E-state index in [1.165, 1.54) is 16.2 Å². The number of rotatable bonds is 12. The van der Waals surface area contributed by atoms with Crippen LogP contribution >= 0.6 is 18.7 Å². The average molecular weight is 845 g/mol. The lowest BCUT2D eigenvalue weighted by Gasteiger charge is -2.31. The van der Waals surface area contributed by atoms with Crippen LogP contribution in [0.1, 0.15) is 97.0 Å². The van der Waals surface area contributed by atoms with E-state index in [0.717, 1.165) is 54.6 Å². The van der Waals surface area contributed by atoms with Gasteiger partial charge in [-0.2, -0.15) is 0 Å². The molecule has 15 heteroatoms. The first kappa shape index (κ1) is 42.6. The SMILES string of the molecule is CCCC(=O)N[C@H]1CCCCCCC[C@H]2C[C@@]2(P(=O)(O)Cc2ccccc2)NC(=O)[C@@H]2C[C@@H](Oc3cc(-c4csc(NC(C)C)n4)nc4cc(OC)ccc34)CN2C1=O. The Kier molecular flexibility index (Phi) is 13.3. The summed E-state index contributed by atoms with van der Waals surface area (Å²) in [6, 6.07) is 15.0. The Morgan fingerprint density at radius 2 is 1.81 bits per heavy atom. The fraction of sp³-hybridized carbons (Fsp3) is 0.523. The smallest absolute Gasteiger partial charge is 0.245 e. The lowest BCUT2D eigenvalue weighted by molar-refractivity contribution is -0.141. The summed E-state index contributed by atoms with van der Waals surface area (Å²) >= 11 is 1.48. The van der Waals surface area contributed by atoms with Crippen LogP contribution in [0.2, 0.25) is 0 Å². The van der Waals surface area contributed by atoms with Gasteiger partial charge < -0.3 is 35.2 Å². The van der Waals surface area contributed by atoms with Crippen LogP contribution in [0.3, 0.4) is 0 Å². The zero-order chi connectivity index (χ0) is 41.7. The minimum atomic E-state index is -3.98. The van der Waals surface area contributed by atoms with Gasteiger partial charge in [0.15, 0.2) is 5.13 Å². The molecule has 1 unspecified atom stereocenters. The van der Waals surface area contributed by atoms with E-state index in [4.69, 9.17) is 19.4 Å². The predicted octanol–water partition coefficient (Wildman–Crippen LogP) is 7.87. The molecule has 0 bridgehead atoms. The third-order valence-corrected chi connectivity index (χ3v) is 15.2. The first-order valence-corrected chi connectivity index (χ1v) is 23.8. The van der Waals surface area contributed by atoms with Crippen LogP contribution in [-0.2, 0) is 25.1 Å². The normalized spacial score (nSPS) is 24.9. The van der Waals surface area contributed by atoms with Gasteiger partial charge in [-0.3, -0.25) is 18.9 Å². The van der Waals surface area contributed by atoms with Crippen molar-refractivity contribution in [3.63, 3.8) is 0 Å². The summed E-state index contributed by atoms with van der Waals surface area (Å²) in [6.07, 6.45) is 6.32. The number of anilines is 1. The predicted molar refractivity (Wildman–Crippen MR) is 231 cm³/mol. The number of carbonyl (C=O) groups is 3. The molecule has 3 aliphatic rings. The zero-order valence-electron chi connectivity index (χ0n) is 34.4. The second-order valence-corrected chi connectivity index (χ2v) is 20.0. The summed E-state index contributed by atoms with van der Waals surface area (Å²) in [6.45, 7) is 6.08. The number of hydrogen-bond acceptors (Lipinski definition) is 10. The van der Waals surface area contributed by atoms with Gasteiger partial charge in [-0.1, -0.05) is 69.4 Å². The Hall–Kier alpha value is -4.52. The molecule has 0 radical (unpaired) electrons. The van der Waals surface area contributed by atoms with Gasteiger partial charge in [0.25, 0.3) is 0 Å². The van der Waals surface area contributed by atoms with Crippen molar-refractivity contribution >= 4 is 52.5 Å². The Morgan fingerprint density at radius 1 is 1.05 bits per heavy atom. The second kappa shape index (κ2) is 18.4. The average Bonchev–Trinajstić information content (AvgIpc) is 3.48. The maximum Gasteiger partial charge on any atom is 0.245 e. The van der Waals surface area contributed by atoms with Crippen molar-refractivity contribution in [1.29, 1.82) is 0 Å². The maximum absolute atomic E-state index is 14.7. The third kappa shape index (κ3) is 9.76. The van der Waals surface area contributed by atoms with E-state index in [2.05, 4.69) is 16.0 Å². The molecule has 316 valence electrons. The molecule has 2 aromatic carbocycles. The number of thiazole rings is 1. The highest BCUT2D eigenvalue weighted by Gasteiger charge is 2.66. The van der Waals surface area contributed by atoms with E-state index in [0.29, 0.717) is 47.7 Å². The van der Waals surface area contributed by atoms with Crippen molar-refractivity contribution in [3.05, 3.63) is 65.5 Å². The Labute approximate surface area is 350 Å². The molecule has 2 aliphatic heterocycles. The molecule has 6 atom stereocenters. The highest BCUT2D eigenvalue weighted by molar-refractivity contribution is 7.59. The maximum atomic E-state index is 14.7. The fourth-order valence-corrected chi connectivity index (χ4v) is 11.9. The number of benzene rings is 2. The number of ether oxygens (including phenoxy) is 2. The van der Waals surface area contributed by atoms with Gasteiger partial charge in [-0.05, 0) is 63.1 Å². The van der Waals surface area contributed by atoms with Crippen molar-refractivity contribution < 1.29 is 33.3 Å². The zero-order valence-corrected chi connectivity index (χ0v) is 36.2. The van der Waals surface area contributed by atoms with Crippen LogP contribution in [-0.4, -0.2) is 80.6 Å². The summed E-state index contributed by atoms with van der Waals surface area (Å²) in [5, 5.41) is 11.6. The number of fused-ring (bicyclic) bond motifs is 3. The largest absolute Gasteiger partial charge is 0.497 e. The molecular weight excluding hydrogens is 788 g/mol. The number of nitrogens with one attached hydrogen (secondary N) is 3. The van der Waals surface area contributed by atoms with E-state index in [1.807, 2.05) is 80.7 Å². The summed E-state index contributed by atoms with van der Waals surface area (Å²) < 4.78 is 26.8. The Morgan fingerprint density at radius 3 is 2.56 bits per heavy atom. The molecule has 3 amide bonds. The van der Waals surface area contributed by atoms with Gasteiger partial charge in [-0.15, -0.1) is 11.3 Å². The van der Waals surface area contributed by atoms with Gasteiger partial charge in [0.2, 0.25) is 25.1 Å². The number of carbonyl (C=O) groups excluding carboxylic acids is 3. The summed E-state index contributed by atoms with van der Waals surface area (Å²) in [5.41, 5.74) is 2.61. The fourth-order valence-electron chi connectivity index (χ4n) is 8.61. The molecular formula is C44H57N6O7PS. The van der Waals surface area contributed by atoms with Crippen molar-refractivity contribution in [2.75, 3.05) is 19.0 Å². The van der Waals surface area contributed by atoms with Crippen molar-refractivity contribution in [3.8, 4) is 22.9 Å². The molecule has 59 heavy (non-hydrogen) atoms. The van der Waals surface area contributed by atoms with E-state index >= 15 is 0 Å².